The van der Waals surface area contributed by atoms with Crippen molar-refractivity contribution in [3.05, 3.63) is 64.1 Å². The molecular formula is C22H24N4O3. The molecule has 1 saturated heterocycles. The van der Waals surface area contributed by atoms with Crippen molar-refractivity contribution in [2.45, 2.75) is 39.5 Å². The average molecular weight is 392 g/mol. The van der Waals surface area contributed by atoms with Crippen molar-refractivity contribution in [2.75, 3.05) is 13.1 Å². The summed E-state index contributed by atoms with van der Waals surface area (Å²) < 4.78 is 1.73. The van der Waals surface area contributed by atoms with Gasteiger partial charge in [0.05, 0.1) is 11.3 Å². The largest absolute Gasteiger partial charge is 0.478 e. The van der Waals surface area contributed by atoms with Crippen LogP contribution in [0.25, 0.3) is 5.65 Å². The third kappa shape index (κ3) is 3.48. The Kier molecular flexibility index (Phi) is 4.82. The summed E-state index contributed by atoms with van der Waals surface area (Å²) in [6, 6.07) is 8.97. The number of aromatic nitrogens is 3. The molecule has 1 aromatic carbocycles. The summed E-state index contributed by atoms with van der Waals surface area (Å²) in [6.07, 6.45) is 1.80. The number of likely N-dealkylation sites (tertiary alicyclic amines) is 1. The molecule has 1 aliphatic rings. The molecule has 1 fully saturated rings. The number of amides is 1. The highest BCUT2D eigenvalue weighted by molar-refractivity contribution is 6.01. The Labute approximate surface area is 169 Å². The molecule has 0 spiro atoms. The Hall–Kier alpha value is -3.22. The lowest BCUT2D eigenvalue weighted by Gasteiger charge is -2.33. The van der Waals surface area contributed by atoms with E-state index in [1.807, 2.05) is 37.8 Å². The molecule has 0 saturated carbocycles. The van der Waals surface area contributed by atoms with Crippen molar-refractivity contribution in [3.63, 3.8) is 0 Å². The average Bonchev–Trinajstić information content (AvgIpc) is 3.04. The number of nitrogens with zero attached hydrogens (tertiary/aromatic N) is 4. The highest BCUT2D eigenvalue weighted by Gasteiger charge is 2.29. The summed E-state index contributed by atoms with van der Waals surface area (Å²) in [5.41, 5.74) is 4.86. The standard InChI is InChI=1S/C22H24N4O3/c1-13-10-14(2)26-20(23-13)19(15(3)24-26)21(27)25-9-5-8-18(12-25)16-6-4-7-17(11-16)22(28)29/h4,6-7,10-11,18H,5,8-9,12H2,1-3H3,(H,28,29). The minimum Gasteiger partial charge on any atom is -0.478 e. The van der Waals surface area contributed by atoms with E-state index in [1.54, 1.807) is 22.7 Å². The Balaban J connectivity index is 1.65. The van der Waals surface area contributed by atoms with Crippen LogP contribution in [0.5, 0.6) is 0 Å². The Morgan fingerprint density at radius 1 is 1.17 bits per heavy atom. The van der Waals surface area contributed by atoms with E-state index in [4.69, 9.17) is 0 Å². The zero-order chi connectivity index (χ0) is 20.7. The molecule has 1 atom stereocenters. The molecule has 1 unspecified atom stereocenters. The van der Waals surface area contributed by atoms with Crippen molar-refractivity contribution in [2.24, 2.45) is 0 Å². The van der Waals surface area contributed by atoms with Gasteiger partial charge in [0.1, 0.15) is 5.56 Å². The van der Waals surface area contributed by atoms with Gasteiger partial charge in [0, 0.05) is 30.4 Å². The van der Waals surface area contributed by atoms with Crippen molar-refractivity contribution >= 4 is 17.5 Å². The first-order valence-electron chi connectivity index (χ1n) is 9.81. The van der Waals surface area contributed by atoms with E-state index in [-0.39, 0.29) is 17.4 Å². The highest BCUT2D eigenvalue weighted by atomic mass is 16.4. The van der Waals surface area contributed by atoms with Crippen LogP contribution in [0.4, 0.5) is 0 Å². The maximum absolute atomic E-state index is 13.4. The molecule has 7 heteroatoms. The van der Waals surface area contributed by atoms with Crippen molar-refractivity contribution in [3.8, 4) is 0 Å². The summed E-state index contributed by atoms with van der Waals surface area (Å²) in [7, 11) is 0. The number of fused-ring (bicyclic) bond motifs is 1. The number of hydrogen-bond acceptors (Lipinski definition) is 4. The summed E-state index contributed by atoms with van der Waals surface area (Å²) >= 11 is 0. The highest BCUT2D eigenvalue weighted by Crippen LogP contribution is 2.29. The number of piperidine rings is 1. The number of hydrogen-bond donors (Lipinski definition) is 1. The maximum Gasteiger partial charge on any atom is 0.335 e. The topological polar surface area (TPSA) is 87.8 Å². The SMILES string of the molecule is Cc1cc(C)n2nc(C)c(C(=O)N3CCCC(c4cccc(C(=O)O)c4)C3)c2n1. The van der Waals surface area contributed by atoms with Gasteiger partial charge in [-0.1, -0.05) is 12.1 Å². The Bertz CT molecular complexity index is 1120. The van der Waals surface area contributed by atoms with E-state index in [0.717, 1.165) is 29.8 Å². The summed E-state index contributed by atoms with van der Waals surface area (Å²) in [4.78, 5) is 31.1. The van der Waals surface area contributed by atoms with Gasteiger partial charge in [0.25, 0.3) is 5.91 Å². The number of carbonyl (C=O) groups excluding carboxylic acids is 1. The molecule has 1 N–H and O–H groups in total. The molecule has 4 rings (SSSR count). The molecule has 7 nitrogen and oxygen atoms in total. The first-order chi connectivity index (χ1) is 13.8. The second-order valence-corrected chi connectivity index (χ2v) is 7.76. The van der Waals surface area contributed by atoms with Gasteiger partial charge in [0.15, 0.2) is 5.65 Å². The third-order valence-corrected chi connectivity index (χ3v) is 5.60. The minimum atomic E-state index is -0.936. The van der Waals surface area contributed by atoms with Crippen molar-refractivity contribution < 1.29 is 14.7 Å². The minimum absolute atomic E-state index is 0.0610. The molecule has 1 amide bonds. The van der Waals surface area contributed by atoms with Gasteiger partial charge in [-0.3, -0.25) is 4.79 Å². The van der Waals surface area contributed by atoms with Crippen LogP contribution in [0.3, 0.4) is 0 Å². The van der Waals surface area contributed by atoms with Crippen molar-refractivity contribution in [1.29, 1.82) is 0 Å². The Morgan fingerprint density at radius 3 is 2.72 bits per heavy atom. The number of aryl methyl sites for hydroxylation is 3. The predicted octanol–water partition coefficient (Wildman–Crippen LogP) is 3.37. The van der Waals surface area contributed by atoms with Crippen LogP contribution in [0, 0.1) is 20.8 Å². The van der Waals surface area contributed by atoms with Crippen LogP contribution < -0.4 is 0 Å². The second-order valence-electron chi connectivity index (χ2n) is 7.76. The number of benzene rings is 1. The quantitative estimate of drug-likeness (QED) is 0.738. The van der Waals surface area contributed by atoms with E-state index in [0.29, 0.717) is 30.0 Å². The summed E-state index contributed by atoms with van der Waals surface area (Å²) in [5.74, 6) is -0.881. The number of carboxylic acid groups (broad SMARTS) is 1. The molecule has 29 heavy (non-hydrogen) atoms. The van der Waals surface area contributed by atoms with E-state index < -0.39 is 5.97 Å². The van der Waals surface area contributed by atoms with Crippen molar-refractivity contribution in [1.82, 2.24) is 19.5 Å². The fourth-order valence-corrected chi connectivity index (χ4v) is 4.19. The van der Waals surface area contributed by atoms with Crippen LogP contribution in [-0.4, -0.2) is 49.6 Å². The van der Waals surface area contributed by atoms with Gasteiger partial charge in [-0.25, -0.2) is 14.3 Å². The molecule has 3 aromatic rings. The van der Waals surface area contributed by atoms with Crippen LogP contribution >= 0.6 is 0 Å². The van der Waals surface area contributed by atoms with Gasteiger partial charge in [-0.05, 0) is 57.4 Å². The third-order valence-electron chi connectivity index (χ3n) is 5.60. The summed E-state index contributed by atoms with van der Waals surface area (Å²) in [6.45, 7) is 6.94. The fraction of sp³-hybridized carbons (Fsp3) is 0.364. The smallest absolute Gasteiger partial charge is 0.335 e. The fourth-order valence-electron chi connectivity index (χ4n) is 4.19. The molecule has 150 valence electrons. The molecule has 0 bridgehead atoms. The zero-order valence-electron chi connectivity index (χ0n) is 16.8. The molecule has 1 aliphatic heterocycles. The first-order valence-corrected chi connectivity index (χ1v) is 9.81. The predicted molar refractivity (Wildman–Crippen MR) is 108 cm³/mol. The van der Waals surface area contributed by atoms with Gasteiger partial charge in [-0.15, -0.1) is 0 Å². The van der Waals surface area contributed by atoms with Crippen LogP contribution in [0.1, 0.15) is 62.1 Å². The van der Waals surface area contributed by atoms with Crippen LogP contribution in [0.2, 0.25) is 0 Å². The number of rotatable bonds is 3. The van der Waals surface area contributed by atoms with Crippen LogP contribution in [-0.2, 0) is 0 Å². The maximum atomic E-state index is 13.4. The monoisotopic (exact) mass is 392 g/mol. The second kappa shape index (κ2) is 7.31. The zero-order valence-corrected chi connectivity index (χ0v) is 16.8. The van der Waals surface area contributed by atoms with Gasteiger partial charge < -0.3 is 10.0 Å². The lowest BCUT2D eigenvalue weighted by Crippen LogP contribution is -2.39. The van der Waals surface area contributed by atoms with E-state index in [1.165, 1.54) is 0 Å². The van der Waals surface area contributed by atoms with E-state index in [2.05, 4.69) is 10.1 Å². The van der Waals surface area contributed by atoms with Gasteiger partial charge in [0.2, 0.25) is 0 Å². The molecule has 0 radical (unpaired) electrons. The molecule has 2 aromatic heterocycles. The number of carbonyl (C=O) groups is 2. The first kappa shape index (κ1) is 19.1. The van der Waals surface area contributed by atoms with Gasteiger partial charge >= 0.3 is 5.97 Å². The normalized spacial score (nSPS) is 16.9. The summed E-state index contributed by atoms with van der Waals surface area (Å²) in [5, 5.41) is 13.8. The number of aromatic carboxylic acids is 1. The van der Waals surface area contributed by atoms with Crippen LogP contribution in [0.15, 0.2) is 30.3 Å². The Morgan fingerprint density at radius 2 is 1.97 bits per heavy atom. The molecular weight excluding hydrogens is 368 g/mol. The molecule has 3 heterocycles. The lowest BCUT2D eigenvalue weighted by molar-refractivity contribution is 0.0688. The molecule has 0 aliphatic carbocycles. The van der Waals surface area contributed by atoms with Gasteiger partial charge in [-0.2, -0.15) is 5.10 Å². The number of carboxylic acids is 1. The van der Waals surface area contributed by atoms with E-state index in [9.17, 15) is 14.7 Å². The lowest BCUT2D eigenvalue weighted by atomic mass is 9.89. The van der Waals surface area contributed by atoms with E-state index >= 15 is 0 Å².